The first-order chi connectivity index (χ1) is 8.13. The van der Waals surface area contributed by atoms with E-state index in [1.165, 1.54) is 4.31 Å². The zero-order valence-corrected chi connectivity index (χ0v) is 10.7. The minimum atomic E-state index is -3.11. The minimum absolute atomic E-state index is 0.147. The SMILES string of the molecule is CCS(=O)(=O)N1CCO[C@@H](c2ccccc2)C1. The molecule has 1 aliphatic rings. The van der Waals surface area contributed by atoms with Crippen molar-refractivity contribution in [3.8, 4) is 0 Å². The van der Waals surface area contributed by atoms with Crippen molar-refractivity contribution in [1.82, 2.24) is 4.31 Å². The van der Waals surface area contributed by atoms with Gasteiger partial charge >= 0.3 is 0 Å². The summed E-state index contributed by atoms with van der Waals surface area (Å²) >= 11 is 0. The van der Waals surface area contributed by atoms with Crippen molar-refractivity contribution in [2.75, 3.05) is 25.4 Å². The van der Waals surface area contributed by atoms with Gasteiger partial charge in [0.15, 0.2) is 0 Å². The Morgan fingerprint density at radius 1 is 1.35 bits per heavy atom. The molecule has 0 amide bonds. The molecule has 1 aliphatic heterocycles. The maximum atomic E-state index is 11.8. The molecule has 1 aromatic rings. The van der Waals surface area contributed by atoms with E-state index in [-0.39, 0.29) is 11.9 Å². The molecule has 0 saturated carbocycles. The predicted octanol–water partition coefficient (Wildman–Crippen LogP) is 1.41. The van der Waals surface area contributed by atoms with Gasteiger partial charge in [-0.1, -0.05) is 30.3 Å². The quantitative estimate of drug-likeness (QED) is 0.820. The van der Waals surface area contributed by atoms with Gasteiger partial charge in [0, 0.05) is 13.1 Å². The summed E-state index contributed by atoms with van der Waals surface area (Å²) in [6.45, 7) is 3.00. The molecular weight excluding hydrogens is 238 g/mol. The third kappa shape index (κ3) is 2.86. The second-order valence-corrected chi connectivity index (χ2v) is 6.29. The average molecular weight is 255 g/mol. The van der Waals surface area contributed by atoms with Crippen LogP contribution in [0.15, 0.2) is 30.3 Å². The predicted molar refractivity (Wildman–Crippen MR) is 66.2 cm³/mol. The molecule has 0 unspecified atom stereocenters. The van der Waals surface area contributed by atoms with E-state index in [4.69, 9.17) is 4.74 Å². The van der Waals surface area contributed by atoms with E-state index in [9.17, 15) is 8.42 Å². The van der Waals surface area contributed by atoms with Crippen molar-refractivity contribution in [3.63, 3.8) is 0 Å². The van der Waals surface area contributed by atoms with Crippen molar-refractivity contribution in [2.45, 2.75) is 13.0 Å². The first kappa shape index (κ1) is 12.5. The molecular formula is C12H17NO3S. The smallest absolute Gasteiger partial charge is 0.214 e. The van der Waals surface area contributed by atoms with E-state index < -0.39 is 10.0 Å². The van der Waals surface area contributed by atoms with Crippen LogP contribution in [0, 0.1) is 0 Å². The van der Waals surface area contributed by atoms with E-state index in [2.05, 4.69) is 0 Å². The standard InChI is InChI=1S/C12H17NO3S/c1-2-17(14,15)13-8-9-16-12(10-13)11-6-4-3-5-7-11/h3-7,12H,2,8-10H2,1H3/t12-/m1/s1. The molecule has 1 fully saturated rings. The summed E-state index contributed by atoms with van der Waals surface area (Å²) in [4.78, 5) is 0. The van der Waals surface area contributed by atoms with Crippen molar-refractivity contribution < 1.29 is 13.2 Å². The Hall–Kier alpha value is -0.910. The number of hydrogen-bond acceptors (Lipinski definition) is 3. The maximum absolute atomic E-state index is 11.8. The van der Waals surface area contributed by atoms with Crippen LogP contribution >= 0.6 is 0 Å². The normalized spacial score (nSPS) is 22.5. The maximum Gasteiger partial charge on any atom is 0.214 e. The first-order valence-electron chi connectivity index (χ1n) is 5.78. The zero-order chi connectivity index (χ0) is 12.3. The number of ether oxygens (including phenoxy) is 1. The second-order valence-electron chi connectivity index (χ2n) is 4.03. The van der Waals surface area contributed by atoms with Crippen LogP contribution in [0.25, 0.3) is 0 Å². The molecule has 17 heavy (non-hydrogen) atoms. The highest BCUT2D eigenvalue weighted by Gasteiger charge is 2.28. The van der Waals surface area contributed by atoms with Gasteiger partial charge in [-0.2, -0.15) is 4.31 Å². The minimum Gasteiger partial charge on any atom is -0.371 e. The number of nitrogens with zero attached hydrogens (tertiary/aromatic N) is 1. The van der Waals surface area contributed by atoms with E-state index in [0.717, 1.165) is 5.56 Å². The Labute approximate surface area is 102 Å². The van der Waals surface area contributed by atoms with Gasteiger partial charge in [0.2, 0.25) is 10.0 Å². The van der Waals surface area contributed by atoms with Crippen LogP contribution in [0.3, 0.4) is 0 Å². The fourth-order valence-electron chi connectivity index (χ4n) is 1.93. The highest BCUT2D eigenvalue weighted by atomic mass is 32.2. The van der Waals surface area contributed by atoms with Crippen molar-refractivity contribution in [2.24, 2.45) is 0 Å². The molecule has 1 saturated heterocycles. The highest BCUT2D eigenvalue weighted by molar-refractivity contribution is 7.89. The molecule has 0 aromatic heterocycles. The Bertz CT molecular complexity index is 458. The molecule has 1 aromatic carbocycles. The molecule has 1 heterocycles. The zero-order valence-electron chi connectivity index (χ0n) is 9.87. The van der Waals surface area contributed by atoms with Gasteiger partial charge in [-0.25, -0.2) is 8.42 Å². The Morgan fingerprint density at radius 2 is 2.06 bits per heavy atom. The van der Waals surface area contributed by atoms with Gasteiger partial charge < -0.3 is 4.74 Å². The van der Waals surface area contributed by atoms with E-state index in [1.807, 2.05) is 30.3 Å². The van der Waals surface area contributed by atoms with E-state index >= 15 is 0 Å². The first-order valence-corrected chi connectivity index (χ1v) is 7.39. The largest absolute Gasteiger partial charge is 0.371 e. The van der Waals surface area contributed by atoms with Crippen LogP contribution in [0.5, 0.6) is 0 Å². The van der Waals surface area contributed by atoms with Crippen LogP contribution < -0.4 is 0 Å². The fourth-order valence-corrected chi connectivity index (χ4v) is 3.01. The van der Waals surface area contributed by atoms with Crippen LogP contribution in [0.2, 0.25) is 0 Å². The number of rotatable bonds is 3. The van der Waals surface area contributed by atoms with Gasteiger partial charge in [0.1, 0.15) is 0 Å². The van der Waals surface area contributed by atoms with Gasteiger partial charge in [0.05, 0.1) is 18.5 Å². The van der Waals surface area contributed by atoms with Crippen molar-refractivity contribution in [1.29, 1.82) is 0 Å². The van der Waals surface area contributed by atoms with E-state index in [1.54, 1.807) is 6.92 Å². The molecule has 2 rings (SSSR count). The Morgan fingerprint density at radius 3 is 2.71 bits per heavy atom. The van der Waals surface area contributed by atoms with Crippen LogP contribution in [0.4, 0.5) is 0 Å². The van der Waals surface area contributed by atoms with Gasteiger partial charge in [-0.15, -0.1) is 0 Å². The molecule has 0 N–H and O–H groups in total. The summed E-state index contributed by atoms with van der Waals surface area (Å²) in [5.74, 6) is 0.147. The molecule has 4 nitrogen and oxygen atoms in total. The number of hydrogen-bond donors (Lipinski definition) is 0. The number of morpholine rings is 1. The summed E-state index contributed by atoms with van der Waals surface area (Å²) in [6.07, 6.45) is -0.147. The molecule has 0 aliphatic carbocycles. The summed E-state index contributed by atoms with van der Waals surface area (Å²) in [5, 5.41) is 0. The summed E-state index contributed by atoms with van der Waals surface area (Å²) < 4.78 is 30.8. The van der Waals surface area contributed by atoms with Gasteiger partial charge in [0.25, 0.3) is 0 Å². The lowest BCUT2D eigenvalue weighted by molar-refractivity contribution is -0.00250. The molecule has 5 heteroatoms. The highest BCUT2D eigenvalue weighted by Crippen LogP contribution is 2.23. The third-order valence-electron chi connectivity index (χ3n) is 2.96. The molecule has 0 bridgehead atoms. The third-order valence-corrected chi connectivity index (χ3v) is 4.81. The van der Waals surface area contributed by atoms with Crippen molar-refractivity contribution in [3.05, 3.63) is 35.9 Å². The monoisotopic (exact) mass is 255 g/mol. The van der Waals surface area contributed by atoms with Gasteiger partial charge in [-0.3, -0.25) is 0 Å². The van der Waals surface area contributed by atoms with Crippen LogP contribution in [-0.4, -0.2) is 38.2 Å². The molecule has 1 atom stereocenters. The summed E-state index contributed by atoms with van der Waals surface area (Å²) in [7, 11) is -3.11. The fraction of sp³-hybridized carbons (Fsp3) is 0.500. The Kier molecular flexibility index (Phi) is 3.81. The lowest BCUT2D eigenvalue weighted by atomic mass is 10.1. The molecule has 0 radical (unpaired) electrons. The van der Waals surface area contributed by atoms with Gasteiger partial charge in [-0.05, 0) is 12.5 Å². The lowest BCUT2D eigenvalue weighted by Gasteiger charge is -2.32. The molecule has 0 spiro atoms. The number of benzene rings is 1. The topological polar surface area (TPSA) is 46.6 Å². The summed E-state index contributed by atoms with van der Waals surface area (Å²) in [6, 6.07) is 9.74. The van der Waals surface area contributed by atoms with Crippen LogP contribution in [0.1, 0.15) is 18.6 Å². The Balaban J connectivity index is 2.13. The lowest BCUT2D eigenvalue weighted by Crippen LogP contribution is -2.42. The number of sulfonamides is 1. The average Bonchev–Trinajstić information content (AvgIpc) is 2.40. The summed E-state index contributed by atoms with van der Waals surface area (Å²) in [5.41, 5.74) is 1.03. The van der Waals surface area contributed by atoms with Crippen molar-refractivity contribution >= 4 is 10.0 Å². The molecule has 94 valence electrons. The van der Waals surface area contributed by atoms with Crippen LogP contribution in [-0.2, 0) is 14.8 Å². The second kappa shape index (κ2) is 5.16. The van der Waals surface area contributed by atoms with E-state index in [0.29, 0.717) is 19.7 Å².